The summed E-state index contributed by atoms with van der Waals surface area (Å²) >= 11 is 0. The van der Waals surface area contributed by atoms with Crippen molar-refractivity contribution in [3.05, 3.63) is 52.9 Å². The Morgan fingerprint density at radius 2 is 1.93 bits per heavy atom. The highest BCUT2D eigenvalue weighted by Crippen LogP contribution is 2.49. The third kappa shape index (κ3) is 4.55. The maximum absolute atomic E-state index is 13.9. The fourth-order valence-electron chi connectivity index (χ4n) is 3.94. The summed E-state index contributed by atoms with van der Waals surface area (Å²) in [5.41, 5.74) is 3.84. The van der Waals surface area contributed by atoms with Gasteiger partial charge >= 0.3 is 0 Å². The van der Waals surface area contributed by atoms with Crippen molar-refractivity contribution >= 4 is 20.2 Å². The smallest absolute Gasteiger partial charge is 0.192 e. The summed E-state index contributed by atoms with van der Waals surface area (Å²) in [6.45, 7) is 21.3. The summed E-state index contributed by atoms with van der Waals surface area (Å²) in [5, 5.41) is 0.125. The van der Waals surface area contributed by atoms with Crippen LogP contribution < -0.4 is 0 Å². The van der Waals surface area contributed by atoms with Crippen molar-refractivity contribution in [3.8, 4) is 0 Å². The lowest BCUT2D eigenvalue weighted by Gasteiger charge is -2.45. The fourth-order valence-corrected chi connectivity index (χ4v) is 5.29. The molecule has 0 N–H and O–H groups in total. The average molecular weight is 403 g/mol. The van der Waals surface area contributed by atoms with Crippen LogP contribution >= 0.6 is 0 Å². The lowest BCUT2D eigenvalue weighted by molar-refractivity contribution is -0.104. The molecule has 0 bridgehead atoms. The molecule has 4 heteroatoms. The summed E-state index contributed by atoms with van der Waals surface area (Å²) in [6, 6.07) is 5.18. The van der Waals surface area contributed by atoms with Gasteiger partial charge in [-0.2, -0.15) is 0 Å². The predicted octanol–water partition coefficient (Wildman–Crippen LogP) is 6.85. The second-order valence-corrected chi connectivity index (χ2v) is 15.0. The number of aldehydes is 1. The number of carbonyl (C=O) groups is 1. The molecule has 0 saturated carbocycles. The van der Waals surface area contributed by atoms with Crippen molar-refractivity contribution < 1.29 is 13.6 Å². The normalized spacial score (nSPS) is 20.2. The van der Waals surface area contributed by atoms with E-state index >= 15 is 0 Å². The highest BCUT2D eigenvalue weighted by atomic mass is 28.4. The van der Waals surface area contributed by atoms with E-state index in [9.17, 15) is 9.18 Å². The van der Waals surface area contributed by atoms with E-state index in [0.29, 0.717) is 17.6 Å². The van der Waals surface area contributed by atoms with Gasteiger partial charge in [0.25, 0.3) is 0 Å². The first kappa shape index (κ1) is 22.8. The van der Waals surface area contributed by atoms with Crippen LogP contribution in [0.15, 0.2) is 35.9 Å². The third-order valence-corrected chi connectivity index (χ3v) is 10.9. The van der Waals surface area contributed by atoms with E-state index in [4.69, 9.17) is 4.43 Å². The second kappa shape index (κ2) is 7.72. The largest absolute Gasteiger partial charge is 0.414 e. The molecule has 1 aromatic rings. The standard InChI is InChI=1S/C24H35FO2Si/c1-16-12-18(10-11-21(16)25)20-13-19(27-28(8,9)23(3,4)5)14-24(6,7)22(20)17(2)15-26/h10-12,15,19H,2,13-14H2,1,3-9H3. The van der Waals surface area contributed by atoms with Crippen molar-refractivity contribution in [1.29, 1.82) is 0 Å². The molecule has 1 unspecified atom stereocenters. The van der Waals surface area contributed by atoms with Gasteiger partial charge in [0.1, 0.15) is 12.1 Å². The lowest BCUT2D eigenvalue weighted by atomic mass is 9.68. The van der Waals surface area contributed by atoms with Gasteiger partial charge in [-0.15, -0.1) is 0 Å². The van der Waals surface area contributed by atoms with Crippen molar-refractivity contribution in [2.75, 3.05) is 0 Å². The number of carbonyl (C=O) groups excluding carboxylic acids is 1. The number of allylic oxidation sites excluding steroid dienone is 2. The second-order valence-electron chi connectivity index (χ2n) is 10.3. The fraction of sp³-hybridized carbons (Fsp3) is 0.542. The topological polar surface area (TPSA) is 26.3 Å². The molecule has 0 amide bonds. The van der Waals surface area contributed by atoms with Crippen LogP contribution in [0.5, 0.6) is 0 Å². The van der Waals surface area contributed by atoms with E-state index in [0.717, 1.165) is 29.4 Å². The Morgan fingerprint density at radius 1 is 1.32 bits per heavy atom. The summed E-state index contributed by atoms with van der Waals surface area (Å²) in [6.07, 6.45) is 2.45. The Morgan fingerprint density at radius 3 is 2.43 bits per heavy atom. The molecule has 2 rings (SSSR count). The maximum Gasteiger partial charge on any atom is 0.192 e. The highest BCUT2D eigenvalue weighted by Gasteiger charge is 2.43. The van der Waals surface area contributed by atoms with E-state index < -0.39 is 8.32 Å². The van der Waals surface area contributed by atoms with Gasteiger partial charge in [-0.05, 0) is 77.7 Å². The first-order valence-corrected chi connectivity index (χ1v) is 12.9. The van der Waals surface area contributed by atoms with E-state index in [-0.39, 0.29) is 22.4 Å². The molecule has 0 radical (unpaired) electrons. The molecule has 0 saturated heterocycles. The summed E-state index contributed by atoms with van der Waals surface area (Å²) < 4.78 is 20.6. The number of hydrogen-bond acceptors (Lipinski definition) is 2. The molecule has 1 aliphatic carbocycles. The molecule has 2 nitrogen and oxygen atoms in total. The Balaban J connectivity index is 2.57. The Kier molecular flexibility index (Phi) is 6.27. The van der Waals surface area contributed by atoms with Crippen LogP contribution in [0.4, 0.5) is 4.39 Å². The lowest BCUT2D eigenvalue weighted by Crippen LogP contribution is -2.46. The summed E-state index contributed by atoms with van der Waals surface area (Å²) in [7, 11) is -1.94. The van der Waals surface area contributed by atoms with Crippen LogP contribution in [-0.4, -0.2) is 20.7 Å². The van der Waals surface area contributed by atoms with Gasteiger partial charge in [-0.3, -0.25) is 4.79 Å². The van der Waals surface area contributed by atoms with Gasteiger partial charge < -0.3 is 4.43 Å². The number of benzene rings is 1. The molecular formula is C24H35FO2Si. The summed E-state index contributed by atoms with van der Waals surface area (Å²) in [5.74, 6) is -0.218. The van der Waals surface area contributed by atoms with Crippen molar-refractivity contribution in [3.63, 3.8) is 0 Å². The molecule has 0 aromatic heterocycles. The molecule has 1 aromatic carbocycles. The molecule has 28 heavy (non-hydrogen) atoms. The first-order valence-electron chi connectivity index (χ1n) is 10.0. The minimum Gasteiger partial charge on any atom is -0.414 e. The van der Waals surface area contributed by atoms with Gasteiger partial charge in [-0.25, -0.2) is 4.39 Å². The molecule has 1 aliphatic rings. The van der Waals surface area contributed by atoms with Gasteiger partial charge in [0.2, 0.25) is 0 Å². The molecule has 154 valence electrons. The van der Waals surface area contributed by atoms with Gasteiger partial charge in [0.15, 0.2) is 8.32 Å². The minimum atomic E-state index is -1.94. The minimum absolute atomic E-state index is 0.0689. The third-order valence-electron chi connectivity index (χ3n) is 6.39. The van der Waals surface area contributed by atoms with E-state index in [1.54, 1.807) is 13.0 Å². The number of halogens is 1. The Bertz CT molecular complexity index is 812. The maximum atomic E-state index is 13.9. The zero-order valence-corrected chi connectivity index (χ0v) is 19.7. The van der Waals surface area contributed by atoms with Crippen molar-refractivity contribution in [1.82, 2.24) is 0 Å². The van der Waals surface area contributed by atoms with E-state index in [1.807, 2.05) is 6.07 Å². The predicted molar refractivity (Wildman–Crippen MR) is 118 cm³/mol. The number of hydrogen-bond donors (Lipinski definition) is 0. The van der Waals surface area contributed by atoms with Gasteiger partial charge in [0, 0.05) is 11.7 Å². The molecule has 0 heterocycles. The molecule has 0 fully saturated rings. The molecule has 0 aliphatic heterocycles. The zero-order valence-electron chi connectivity index (χ0n) is 18.7. The van der Waals surface area contributed by atoms with Crippen LogP contribution in [0.25, 0.3) is 5.57 Å². The van der Waals surface area contributed by atoms with Crippen molar-refractivity contribution in [2.24, 2.45) is 5.41 Å². The van der Waals surface area contributed by atoms with Crippen LogP contribution in [0, 0.1) is 18.2 Å². The molecule has 1 atom stereocenters. The number of rotatable bonds is 5. The van der Waals surface area contributed by atoms with E-state index in [2.05, 4.69) is 54.3 Å². The molecule has 0 spiro atoms. The van der Waals surface area contributed by atoms with E-state index in [1.165, 1.54) is 6.07 Å². The van der Waals surface area contributed by atoms with Crippen molar-refractivity contribution in [2.45, 2.75) is 78.6 Å². The highest BCUT2D eigenvalue weighted by molar-refractivity contribution is 6.74. The zero-order chi connectivity index (χ0) is 21.5. The van der Waals surface area contributed by atoms with Crippen LogP contribution in [0.3, 0.4) is 0 Å². The van der Waals surface area contributed by atoms with Gasteiger partial charge in [0.05, 0.1) is 0 Å². The van der Waals surface area contributed by atoms with Crippen LogP contribution in [0.2, 0.25) is 18.1 Å². The first-order chi connectivity index (χ1) is 12.7. The SMILES string of the molecule is C=C(C=O)C1=C(c2ccc(F)c(C)c2)CC(O[Si](C)(C)C(C)(C)C)CC1(C)C. The Labute approximate surface area is 171 Å². The number of aryl methyl sites for hydroxylation is 1. The Hall–Kier alpha value is -1.52. The summed E-state index contributed by atoms with van der Waals surface area (Å²) in [4.78, 5) is 11.6. The van der Waals surface area contributed by atoms with Crippen LogP contribution in [0.1, 0.15) is 58.6 Å². The monoisotopic (exact) mass is 402 g/mol. The van der Waals surface area contributed by atoms with Crippen LogP contribution in [-0.2, 0) is 9.22 Å². The quantitative estimate of drug-likeness (QED) is 0.306. The van der Waals surface area contributed by atoms with Gasteiger partial charge in [-0.1, -0.05) is 47.3 Å². The molecular weight excluding hydrogens is 367 g/mol. The average Bonchev–Trinajstić information content (AvgIpc) is 2.54.